The Morgan fingerprint density at radius 1 is 0.780 bits per heavy atom. The number of hydrogen-bond acceptors (Lipinski definition) is 6. The molecule has 6 nitrogen and oxygen atoms in total. The maximum Gasteiger partial charge on any atom is 0.222 e. The molecule has 3 aromatic carbocycles. The minimum Gasteiger partial charge on any atom is -0.378 e. The lowest BCUT2D eigenvalue weighted by Crippen LogP contribution is -2.36. The van der Waals surface area contributed by atoms with Gasteiger partial charge in [-0.15, -0.1) is 0 Å². The highest BCUT2D eigenvalue weighted by molar-refractivity contribution is 8.15. The highest BCUT2D eigenvalue weighted by Crippen LogP contribution is 2.55. The van der Waals surface area contributed by atoms with Crippen molar-refractivity contribution in [3.05, 3.63) is 83.4 Å². The molecular weight excluding hydrogens is 526 g/mol. The Morgan fingerprint density at radius 2 is 1.27 bits per heavy atom. The average molecular weight is 572 g/mol. The number of aliphatic imine (C=N–C) groups is 1. The molecule has 1 heterocycles. The van der Waals surface area contributed by atoms with Gasteiger partial charge in [-0.3, -0.25) is 4.79 Å². The van der Waals surface area contributed by atoms with E-state index in [0.29, 0.717) is 5.17 Å². The SMILES string of the molecule is CCCCN(CCCC)c1ccc2c(c1)N=C(NC(C)=O)SC2(c1ccc(N(C)C)cc1)c1ccc(N(C)C)cc1. The molecule has 0 aliphatic carbocycles. The molecule has 0 saturated heterocycles. The third-order valence-corrected chi connectivity index (χ3v) is 9.01. The second-order valence-electron chi connectivity index (χ2n) is 11.2. The van der Waals surface area contributed by atoms with E-state index in [-0.39, 0.29) is 5.91 Å². The molecule has 0 unspecified atom stereocenters. The normalized spacial score (nSPS) is 13.7. The molecule has 1 aliphatic heterocycles. The lowest BCUT2D eigenvalue weighted by atomic mass is 9.82. The van der Waals surface area contributed by atoms with E-state index in [9.17, 15) is 4.79 Å². The fourth-order valence-corrected chi connectivity index (χ4v) is 6.71. The van der Waals surface area contributed by atoms with Crippen molar-refractivity contribution in [2.75, 3.05) is 56.0 Å². The summed E-state index contributed by atoms with van der Waals surface area (Å²) in [6, 6.07) is 24.3. The summed E-state index contributed by atoms with van der Waals surface area (Å²) in [5.74, 6) is -0.122. The number of anilines is 3. The van der Waals surface area contributed by atoms with Crippen LogP contribution in [0.2, 0.25) is 0 Å². The van der Waals surface area contributed by atoms with Crippen LogP contribution < -0.4 is 20.0 Å². The summed E-state index contributed by atoms with van der Waals surface area (Å²) < 4.78 is -0.596. The summed E-state index contributed by atoms with van der Waals surface area (Å²) in [5, 5.41) is 3.65. The van der Waals surface area contributed by atoms with Crippen LogP contribution in [0.5, 0.6) is 0 Å². The molecule has 1 N–H and O–H groups in total. The van der Waals surface area contributed by atoms with Crippen molar-refractivity contribution in [2.24, 2.45) is 4.99 Å². The number of amidine groups is 1. The van der Waals surface area contributed by atoms with E-state index in [2.05, 4.69) is 129 Å². The second kappa shape index (κ2) is 13.5. The van der Waals surface area contributed by atoms with E-state index in [1.165, 1.54) is 5.69 Å². The van der Waals surface area contributed by atoms with Crippen molar-refractivity contribution in [1.29, 1.82) is 0 Å². The Balaban J connectivity index is 1.95. The number of unbranched alkanes of at least 4 members (excludes halogenated alkanes) is 2. The van der Waals surface area contributed by atoms with Gasteiger partial charge in [0.1, 0.15) is 4.75 Å². The summed E-state index contributed by atoms with van der Waals surface area (Å²) in [7, 11) is 8.23. The average Bonchev–Trinajstić information content (AvgIpc) is 2.96. The van der Waals surface area contributed by atoms with Gasteiger partial charge in [0.15, 0.2) is 5.17 Å². The third-order valence-electron chi connectivity index (χ3n) is 7.62. The van der Waals surface area contributed by atoms with Crippen LogP contribution in [0.3, 0.4) is 0 Å². The van der Waals surface area contributed by atoms with E-state index in [4.69, 9.17) is 4.99 Å². The zero-order chi connectivity index (χ0) is 29.6. The van der Waals surface area contributed by atoms with Gasteiger partial charge in [-0.2, -0.15) is 0 Å². The summed E-state index contributed by atoms with van der Waals surface area (Å²) in [6.45, 7) is 8.07. The van der Waals surface area contributed by atoms with Gasteiger partial charge in [0.2, 0.25) is 5.91 Å². The summed E-state index contributed by atoms with van der Waals surface area (Å²) in [6.07, 6.45) is 4.61. The number of benzene rings is 3. The fourth-order valence-electron chi connectivity index (χ4n) is 5.30. The third kappa shape index (κ3) is 6.72. The van der Waals surface area contributed by atoms with Crippen LogP contribution in [0, 0.1) is 0 Å². The van der Waals surface area contributed by atoms with Crippen molar-refractivity contribution in [1.82, 2.24) is 5.32 Å². The molecule has 0 atom stereocenters. The molecule has 0 saturated carbocycles. The monoisotopic (exact) mass is 571 g/mol. The summed E-state index contributed by atoms with van der Waals surface area (Å²) in [4.78, 5) is 24.1. The van der Waals surface area contributed by atoms with Gasteiger partial charge in [-0.05, 0) is 60.4 Å². The molecule has 0 spiro atoms. The topological polar surface area (TPSA) is 51.2 Å². The number of fused-ring (bicyclic) bond motifs is 1. The molecule has 0 fully saturated rings. The first-order chi connectivity index (χ1) is 19.7. The first-order valence-corrected chi connectivity index (χ1v) is 15.5. The number of hydrogen-bond donors (Lipinski definition) is 1. The molecule has 0 radical (unpaired) electrons. The number of nitrogens with zero attached hydrogens (tertiary/aromatic N) is 4. The number of nitrogens with one attached hydrogen (secondary N) is 1. The van der Waals surface area contributed by atoms with Gasteiger partial charge in [0, 0.05) is 70.8 Å². The van der Waals surface area contributed by atoms with E-state index >= 15 is 0 Å². The lowest BCUT2D eigenvalue weighted by molar-refractivity contribution is -0.117. The van der Waals surface area contributed by atoms with Crippen molar-refractivity contribution >= 4 is 45.6 Å². The highest BCUT2D eigenvalue weighted by atomic mass is 32.2. The van der Waals surface area contributed by atoms with Crippen LogP contribution >= 0.6 is 11.8 Å². The molecular formula is C34H45N5OS. The van der Waals surface area contributed by atoms with E-state index in [1.807, 2.05) is 0 Å². The van der Waals surface area contributed by atoms with Gasteiger partial charge < -0.3 is 20.0 Å². The molecule has 1 amide bonds. The van der Waals surface area contributed by atoms with Crippen LogP contribution in [0.25, 0.3) is 0 Å². The van der Waals surface area contributed by atoms with E-state index in [0.717, 1.165) is 72.5 Å². The highest BCUT2D eigenvalue weighted by Gasteiger charge is 2.43. The first-order valence-electron chi connectivity index (χ1n) is 14.7. The zero-order valence-corrected chi connectivity index (χ0v) is 26.5. The standard InChI is InChI=1S/C34H45N5OS/c1-8-10-22-39(23-11-9-2)30-20-21-31-32(24-30)36-33(35-25(3)40)41-34(31,26-12-16-28(17-13-26)37(4)5)27-14-18-29(19-15-27)38(6)7/h12-21,24H,8-11,22-23H2,1-7H3,(H,35,36,40). The predicted octanol–water partition coefficient (Wildman–Crippen LogP) is 7.39. The van der Waals surface area contributed by atoms with Gasteiger partial charge in [0.05, 0.1) is 5.69 Å². The van der Waals surface area contributed by atoms with Crippen LogP contribution in [0.1, 0.15) is 63.1 Å². The second-order valence-corrected chi connectivity index (χ2v) is 12.4. The lowest BCUT2D eigenvalue weighted by Gasteiger charge is -2.39. The van der Waals surface area contributed by atoms with Gasteiger partial charge in [-0.1, -0.05) is 68.8 Å². The van der Waals surface area contributed by atoms with Crippen molar-refractivity contribution in [3.8, 4) is 0 Å². The Hall–Kier alpha value is -3.45. The van der Waals surface area contributed by atoms with Crippen molar-refractivity contribution in [3.63, 3.8) is 0 Å². The minimum absolute atomic E-state index is 0.122. The van der Waals surface area contributed by atoms with Crippen LogP contribution in [-0.4, -0.2) is 52.4 Å². The van der Waals surface area contributed by atoms with Crippen molar-refractivity contribution < 1.29 is 4.79 Å². The predicted molar refractivity (Wildman–Crippen MR) is 178 cm³/mol. The Bertz CT molecular complexity index is 1290. The largest absolute Gasteiger partial charge is 0.378 e. The van der Waals surface area contributed by atoms with Crippen LogP contribution in [0.15, 0.2) is 71.7 Å². The maximum absolute atomic E-state index is 12.3. The fraction of sp³-hybridized carbons (Fsp3) is 0.412. The number of rotatable bonds is 11. The molecule has 0 bridgehead atoms. The Labute approximate surface area is 250 Å². The number of thioether (sulfide) groups is 1. The molecule has 218 valence electrons. The van der Waals surface area contributed by atoms with Gasteiger partial charge in [0.25, 0.3) is 0 Å². The molecule has 3 aromatic rings. The van der Waals surface area contributed by atoms with E-state index in [1.54, 1.807) is 18.7 Å². The summed E-state index contributed by atoms with van der Waals surface area (Å²) in [5.41, 5.74) is 7.78. The molecule has 4 rings (SSSR count). The smallest absolute Gasteiger partial charge is 0.222 e. The van der Waals surface area contributed by atoms with Crippen LogP contribution in [0.4, 0.5) is 22.7 Å². The zero-order valence-electron chi connectivity index (χ0n) is 25.7. The molecule has 41 heavy (non-hydrogen) atoms. The van der Waals surface area contributed by atoms with Gasteiger partial charge >= 0.3 is 0 Å². The first kappa shape index (κ1) is 30.5. The minimum atomic E-state index is -0.596. The van der Waals surface area contributed by atoms with E-state index < -0.39 is 4.75 Å². The Morgan fingerprint density at radius 3 is 1.71 bits per heavy atom. The molecule has 7 heteroatoms. The number of carbonyl (C=O) groups excluding carboxylic acids is 1. The maximum atomic E-state index is 12.3. The van der Waals surface area contributed by atoms with Gasteiger partial charge in [-0.25, -0.2) is 4.99 Å². The van der Waals surface area contributed by atoms with Crippen LogP contribution in [-0.2, 0) is 9.54 Å². The molecule has 0 aromatic heterocycles. The number of carbonyl (C=O) groups is 1. The van der Waals surface area contributed by atoms with Crippen molar-refractivity contribution in [2.45, 2.75) is 51.2 Å². The Kier molecular flexibility index (Phi) is 10.0. The quantitative estimate of drug-likeness (QED) is 0.260. The molecule has 1 aliphatic rings. The summed E-state index contributed by atoms with van der Waals surface area (Å²) >= 11 is 1.60. The number of amides is 1.